The van der Waals surface area contributed by atoms with Gasteiger partial charge in [-0.1, -0.05) is 10.6 Å². The van der Waals surface area contributed by atoms with E-state index in [1.165, 1.54) is 6.08 Å². The van der Waals surface area contributed by atoms with Crippen molar-refractivity contribution in [1.82, 2.24) is 5.12 Å². The summed E-state index contributed by atoms with van der Waals surface area (Å²) in [6.07, 6.45) is 1.40. The highest BCUT2D eigenvalue weighted by Crippen LogP contribution is 1.79. The van der Waals surface area contributed by atoms with Gasteiger partial charge < -0.3 is 0 Å². The zero-order chi connectivity index (χ0) is 5.70. The maximum Gasteiger partial charge on any atom is 0.237 e. The number of carbonyl (C=O) groups is 1. The first-order valence-electron chi connectivity index (χ1n) is 1.80. The fraction of sp³-hybridized carbons (Fsp3) is 0.250. The highest BCUT2D eigenvalue weighted by Gasteiger charge is 1.87. The lowest BCUT2D eigenvalue weighted by Gasteiger charge is -1.95. The minimum absolute atomic E-state index is 0.00694. The van der Waals surface area contributed by atoms with Crippen LogP contribution in [-0.2, 0) is 4.79 Å². The van der Waals surface area contributed by atoms with E-state index in [0.29, 0.717) is 0 Å². The summed E-state index contributed by atoms with van der Waals surface area (Å²) >= 11 is 0. The van der Waals surface area contributed by atoms with Gasteiger partial charge in [0.1, 0.15) is 0 Å². The zero-order valence-corrected chi connectivity index (χ0v) is 3.80. The van der Waals surface area contributed by atoms with E-state index in [4.69, 9.17) is 0 Å². The van der Waals surface area contributed by atoms with Crippen LogP contribution in [0.25, 0.3) is 0 Å². The molecule has 0 aromatic rings. The van der Waals surface area contributed by atoms with E-state index in [0.717, 1.165) is 0 Å². The summed E-state index contributed by atoms with van der Waals surface area (Å²) in [5.41, 5.74) is 0. The Kier molecular flexibility index (Phi) is 2.92. The lowest BCUT2D eigenvalue weighted by molar-refractivity contribution is -0.130. The molecule has 0 aromatic heterocycles. The topological polar surface area (TPSA) is 20.3 Å². The molecule has 40 valence electrons. The van der Waals surface area contributed by atoms with Crippen LogP contribution in [0.15, 0.2) is 12.7 Å². The molecule has 0 unspecified atom stereocenters. The maximum atomic E-state index is 11.5. The number of hydrogen-bond donors (Lipinski definition) is 0. The molecule has 0 bridgehead atoms. The lowest BCUT2D eigenvalue weighted by Crippen LogP contribution is -2.08. The molecule has 0 spiro atoms. The highest BCUT2D eigenvalue weighted by atomic mass is 19.2. The fourth-order valence-electron chi connectivity index (χ4n) is 0.166. The van der Waals surface area contributed by atoms with Gasteiger partial charge in [-0.15, -0.1) is 6.58 Å². The summed E-state index contributed by atoms with van der Waals surface area (Å²) in [7, 11) is 0. The SMILES string of the molecule is C=CCN(F)C=O. The van der Waals surface area contributed by atoms with Crippen LogP contribution in [0.5, 0.6) is 0 Å². The Bertz CT molecular complexity index is 74.1. The second-order valence-corrected chi connectivity index (χ2v) is 0.976. The molecule has 0 heterocycles. The Morgan fingerprint density at radius 3 is 2.57 bits per heavy atom. The van der Waals surface area contributed by atoms with Gasteiger partial charge in [0.05, 0.1) is 6.54 Å². The van der Waals surface area contributed by atoms with E-state index in [-0.39, 0.29) is 18.1 Å². The first kappa shape index (κ1) is 6.14. The molecule has 0 aliphatic carbocycles. The smallest absolute Gasteiger partial charge is 0.237 e. The Balaban J connectivity index is 3.15. The van der Waals surface area contributed by atoms with E-state index < -0.39 is 0 Å². The largest absolute Gasteiger partial charge is 0.276 e. The second-order valence-electron chi connectivity index (χ2n) is 0.976. The van der Waals surface area contributed by atoms with Gasteiger partial charge in [-0.25, -0.2) is 0 Å². The minimum Gasteiger partial charge on any atom is -0.276 e. The van der Waals surface area contributed by atoms with Crippen molar-refractivity contribution in [3.8, 4) is 0 Å². The van der Waals surface area contributed by atoms with Crippen LogP contribution in [0.3, 0.4) is 0 Å². The Morgan fingerprint density at radius 1 is 1.86 bits per heavy atom. The number of amides is 1. The standard InChI is InChI=1S/C4H6FNO/c1-2-3-6(5)4-7/h2,4H,1,3H2. The number of rotatable bonds is 3. The van der Waals surface area contributed by atoms with Crippen LogP contribution in [0.1, 0.15) is 0 Å². The van der Waals surface area contributed by atoms with Crippen LogP contribution in [-0.4, -0.2) is 18.1 Å². The summed E-state index contributed by atoms with van der Waals surface area (Å²) in [6, 6.07) is 0. The predicted molar refractivity (Wildman–Crippen MR) is 24.1 cm³/mol. The summed E-state index contributed by atoms with van der Waals surface area (Å²) in [4.78, 5) is 9.40. The number of carbonyl (C=O) groups excluding carboxylic acids is 1. The van der Waals surface area contributed by atoms with Gasteiger partial charge >= 0.3 is 0 Å². The normalized spacial score (nSPS) is 7.57. The summed E-state index contributed by atoms with van der Waals surface area (Å²) < 4.78 is 11.5. The van der Waals surface area contributed by atoms with Crippen LogP contribution in [0, 0.1) is 0 Å². The predicted octanol–water partition coefficient (Wildman–Crippen LogP) is 0.515. The first-order chi connectivity index (χ1) is 3.31. The number of hydrogen-bond acceptors (Lipinski definition) is 1. The van der Waals surface area contributed by atoms with Crippen LogP contribution < -0.4 is 0 Å². The molecule has 0 fully saturated rings. The van der Waals surface area contributed by atoms with Gasteiger partial charge in [0, 0.05) is 0 Å². The summed E-state index contributed by atoms with van der Waals surface area (Å²) in [5, 5.41) is 0.00694. The van der Waals surface area contributed by atoms with E-state index in [1.54, 1.807) is 0 Å². The molecule has 2 nitrogen and oxygen atoms in total. The molecule has 0 N–H and O–H groups in total. The molecule has 3 heteroatoms. The van der Waals surface area contributed by atoms with Gasteiger partial charge in [0.25, 0.3) is 0 Å². The average molecular weight is 103 g/mol. The van der Waals surface area contributed by atoms with Gasteiger partial charge in [-0.05, 0) is 0 Å². The van der Waals surface area contributed by atoms with Crippen LogP contribution in [0.2, 0.25) is 0 Å². The molecule has 1 amide bonds. The van der Waals surface area contributed by atoms with Crippen molar-refractivity contribution in [2.45, 2.75) is 0 Å². The maximum absolute atomic E-state index is 11.5. The third-order valence-corrected chi connectivity index (χ3v) is 0.418. The average Bonchev–Trinajstić information content (AvgIpc) is 1.68. The Labute approximate surface area is 41.2 Å². The van der Waals surface area contributed by atoms with E-state index in [9.17, 15) is 9.28 Å². The quantitative estimate of drug-likeness (QED) is 0.289. The molecule has 0 radical (unpaired) electrons. The number of nitrogens with zero attached hydrogens (tertiary/aromatic N) is 1. The van der Waals surface area contributed by atoms with Gasteiger partial charge in [0.15, 0.2) is 0 Å². The van der Waals surface area contributed by atoms with Crippen molar-refractivity contribution in [2.24, 2.45) is 0 Å². The molecule has 0 aromatic carbocycles. The van der Waals surface area contributed by atoms with Crippen molar-refractivity contribution in [2.75, 3.05) is 6.54 Å². The molecular weight excluding hydrogens is 97.0 g/mol. The van der Waals surface area contributed by atoms with Crippen molar-refractivity contribution >= 4 is 6.41 Å². The Morgan fingerprint density at radius 2 is 2.43 bits per heavy atom. The zero-order valence-electron chi connectivity index (χ0n) is 3.80. The third-order valence-electron chi connectivity index (χ3n) is 0.418. The van der Waals surface area contributed by atoms with Crippen molar-refractivity contribution in [3.63, 3.8) is 0 Å². The summed E-state index contributed by atoms with van der Waals surface area (Å²) in [5.74, 6) is 0. The van der Waals surface area contributed by atoms with Gasteiger partial charge in [-0.3, -0.25) is 4.79 Å². The molecule has 7 heavy (non-hydrogen) atoms. The van der Waals surface area contributed by atoms with Crippen molar-refractivity contribution in [3.05, 3.63) is 12.7 Å². The van der Waals surface area contributed by atoms with Crippen LogP contribution >= 0.6 is 0 Å². The van der Waals surface area contributed by atoms with Crippen molar-refractivity contribution in [1.29, 1.82) is 0 Å². The first-order valence-corrected chi connectivity index (χ1v) is 1.80. The number of halogens is 1. The highest BCUT2D eigenvalue weighted by molar-refractivity contribution is 5.45. The van der Waals surface area contributed by atoms with E-state index in [1.807, 2.05) is 0 Å². The van der Waals surface area contributed by atoms with Crippen molar-refractivity contribution < 1.29 is 9.28 Å². The van der Waals surface area contributed by atoms with Crippen LogP contribution in [0.4, 0.5) is 4.48 Å². The minimum atomic E-state index is -0.0382. The summed E-state index contributed by atoms with van der Waals surface area (Å²) in [6.45, 7) is 3.17. The van der Waals surface area contributed by atoms with Gasteiger partial charge in [-0.2, -0.15) is 5.12 Å². The third kappa shape index (κ3) is 2.96. The molecule has 0 rings (SSSR count). The molecule has 0 aliphatic heterocycles. The fourth-order valence-corrected chi connectivity index (χ4v) is 0.166. The molecule has 0 saturated carbocycles. The molecular formula is C4H6FNO. The van der Waals surface area contributed by atoms with E-state index in [2.05, 4.69) is 6.58 Å². The monoisotopic (exact) mass is 103 g/mol. The second kappa shape index (κ2) is 3.33. The molecule has 0 aliphatic rings. The molecule has 0 saturated heterocycles. The van der Waals surface area contributed by atoms with E-state index >= 15 is 0 Å². The lowest BCUT2D eigenvalue weighted by atomic mass is 10.6. The Hall–Kier alpha value is -0.860. The van der Waals surface area contributed by atoms with Gasteiger partial charge in [0.2, 0.25) is 6.41 Å². The molecule has 0 atom stereocenters.